The van der Waals surface area contributed by atoms with Crippen LogP contribution in [0.3, 0.4) is 0 Å². The molecular formula is C17H26Cl2F3N3O. The molecule has 1 fully saturated rings. The van der Waals surface area contributed by atoms with Crippen molar-refractivity contribution in [3.63, 3.8) is 0 Å². The quantitative estimate of drug-likeness (QED) is 0.671. The fourth-order valence-corrected chi connectivity index (χ4v) is 2.88. The molecular weight excluding hydrogens is 390 g/mol. The molecule has 1 aromatic rings. The first-order chi connectivity index (χ1) is 11.4. The predicted octanol–water partition coefficient (Wildman–Crippen LogP) is 3.24. The predicted molar refractivity (Wildman–Crippen MR) is 101 cm³/mol. The number of benzene rings is 1. The highest BCUT2D eigenvalue weighted by molar-refractivity contribution is 5.85. The molecule has 9 heteroatoms. The van der Waals surface area contributed by atoms with E-state index in [9.17, 15) is 18.0 Å². The molecule has 1 saturated heterocycles. The highest BCUT2D eigenvalue weighted by atomic mass is 35.5. The van der Waals surface area contributed by atoms with Crippen molar-refractivity contribution in [1.82, 2.24) is 15.5 Å². The topological polar surface area (TPSA) is 44.4 Å². The lowest BCUT2D eigenvalue weighted by atomic mass is 10.1. The summed E-state index contributed by atoms with van der Waals surface area (Å²) in [6.07, 6.45) is -2.10. The van der Waals surface area contributed by atoms with Gasteiger partial charge in [-0.15, -0.1) is 24.8 Å². The Kier molecular flexibility index (Phi) is 11.2. The van der Waals surface area contributed by atoms with Gasteiger partial charge in [0.25, 0.3) is 0 Å². The molecule has 26 heavy (non-hydrogen) atoms. The summed E-state index contributed by atoms with van der Waals surface area (Å²) in [5, 5.41) is 6.03. The average Bonchev–Trinajstić information content (AvgIpc) is 2.94. The Balaban J connectivity index is 0.00000312. The first kappa shape index (κ1) is 25.0. The van der Waals surface area contributed by atoms with Gasteiger partial charge in [-0.25, -0.2) is 0 Å². The van der Waals surface area contributed by atoms with Crippen LogP contribution in [0.25, 0.3) is 0 Å². The van der Waals surface area contributed by atoms with E-state index in [1.54, 1.807) is 0 Å². The fourth-order valence-electron chi connectivity index (χ4n) is 2.88. The number of halogens is 5. The van der Waals surface area contributed by atoms with Crippen LogP contribution in [-0.4, -0.2) is 43.5 Å². The smallest absolute Gasteiger partial charge is 0.352 e. The Morgan fingerprint density at radius 3 is 2.46 bits per heavy atom. The molecule has 0 saturated carbocycles. The second-order valence-electron chi connectivity index (χ2n) is 6.19. The van der Waals surface area contributed by atoms with Gasteiger partial charge in [-0.3, -0.25) is 9.69 Å². The van der Waals surface area contributed by atoms with Crippen LogP contribution in [0, 0.1) is 0 Å². The van der Waals surface area contributed by atoms with E-state index in [0.717, 1.165) is 50.2 Å². The van der Waals surface area contributed by atoms with Gasteiger partial charge in [0.1, 0.15) is 0 Å². The Morgan fingerprint density at radius 1 is 1.23 bits per heavy atom. The molecule has 1 aliphatic rings. The van der Waals surface area contributed by atoms with Crippen LogP contribution < -0.4 is 10.6 Å². The van der Waals surface area contributed by atoms with E-state index < -0.39 is 11.7 Å². The summed E-state index contributed by atoms with van der Waals surface area (Å²) in [7, 11) is 1.86. The molecule has 0 bridgehead atoms. The van der Waals surface area contributed by atoms with Gasteiger partial charge in [-0.2, -0.15) is 13.2 Å². The van der Waals surface area contributed by atoms with Crippen molar-refractivity contribution in [2.75, 3.05) is 26.7 Å². The van der Waals surface area contributed by atoms with Crippen LogP contribution >= 0.6 is 24.8 Å². The summed E-state index contributed by atoms with van der Waals surface area (Å²) in [6.45, 7) is 2.99. The van der Waals surface area contributed by atoms with Gasteiger partial charge in [0, 0.05) is 32.1 Å². The normalized spacial score (nSPS) is 17.3. The minimum absolute atomic E-state index is 0. The van der Waals surface area contributed by atoms with Crippen molar-refractivity contribution >= 4 is 30.7 Å². The van der Waals surface area contributed by atoms with E-state index in [4.69, 9.17) is 0 Å². The molecule has 2 rings (SSSR count). The monoisotopic (exact) mass is 415 g/mol. The highest BCUT2D eigenvalue weighted by Crippen LogP contribution is 2.29. The molecule has 0 aliphatic carbocycles. The van der Waals surface area contributed by atoms with Crippen LogP contribution in [0.5, 0.6) is 0 Å². The summed E-state index contributed by atoms with van der Waals surface area (Å²) >= 11 is 0. The standard InChI is InChI=1S/C17H24F3N3O.2ClH/c1-21-9-2-3-16(24)22-15-8-10-23(12-15)11-13-4-6-14(7-5-13)17(18,19)20;;/h4-7,15,21H,2-3,8-12H2,1H3,(H,22,24);2*1H. The second kappa shape index (κ2) is 11.6. The van der Waals surface area contributed by atoms with Gasteiger partial charge < -0.3 is 10.6 Å². The van der Waals surface area contributed by atoms with Crippen LogP contribution in [-0.2, 0) is 17.5 Å². The van der Waals surface area contributed by atoms with Crippen LogP contribution in [0.15, 0.2) is 24.3 Å². The Bertz CT molecular complexity index is 541. The third-order valence-electron chi connectivity index (χ3n) is 4.16. The van der Waals surface area contributed by atoms with Crippen LogP contribution in [0.4, 0.5) is 13.2 Å². The Hall–Kier alpha value is -1.02. The minimum Gasteiger partial charge on any atom is -0.352 e. The van der Waals surface area contributed by atoms with E-state index in [1.165, 1.54) is 12.1 Å². The number of nitrogens with one attached hydrogen (secondary N) is 2. The minimum atomic E-state index is -4.30. The number of nitrogens with zero attached hydrogens (tertiary/aromatic N) is 1. The Labute approximate surface area is 164 Å². The van der Waals surface area contributed by atoms with E-state index in [1.807, 2.05) is 7.05 Å². The van der Waals surface area contributed by atoms with Crippen LogP contribution in [0.2, 0.25) is 0 Å². The largest absolute Gasteiger partial charge is 0.416 e. The molecule has 0 spiro atoms. The third kappa shape index (κ3) is 8.12. The first-order valence-electron chi connectivity index (χ1n) is 8.21. The number of likely N-dealkylation sites (tertiary alicyclic amines) is 1. The van der Waals surface area contributed by atoms with Gasteiger partial charge >= 0.3 is 6.18 Å². The van der Waals surface area contributed by atoms with Gasteiger partial charge in [0.05, 0.1) is 5.56 Å². The molecule has 2 N–H and O–H groups in total. The second-order valence-corrected chi connectivity index (χ2v) is 6.19. The maximum absolute atomic E-state index is 12.6. The maximum atomic E-state index is 12.6. The molecule has 1 atom stereocenters. The summed E-state index contributed by atoms with van der Waals surface area (Å²) in [5.74, 6) is 0.0617. The molecule has 0 aromatic heterocycles. The average molecular weight is 416 g/mol. The summed E-state index contributed by atoms with van der Waals surface area (Å²) in [6, 6.07) is 5.40. The molecule has 1 unspecified atom stereocenters. The van der Waals surface area contributed by atoms with Gasteiger partial charge in [-0.05, 0) is 44.1 Å². The zero-order chi connectivity index (χ0) is 17.6. The fraction of sp³-hybridized carbons (Fsp3) is 0.588. The summed E-state index contributed by atoms with van der Waals surface area (Å²) < 4.78 is 37.7. The van der Waals surface area contributed by atoms with Gasteiger partial charge in [-0.1, -0.05) is 12.1 Å². The van der Waals surface area contributed by atoms with Crippen LogP contribution in [0.1, 0.15) is 30.4 Å². The molecule has 1 aliphatic heterocycles. The van der Waals surface area contributed by atoms with E-state index in [2.05, 4.69) is 15.5 Å². The Morgan fingerprint density at radius 2 is 1.88 bits per heavy atom. The van der Waals surface area contributed by atoms with Crippen molar-refractivity contribution in [2.24, 2.45) is 0 Å². The van der Waals surface area contributed by atoms with E-state index in [-0.39, 0.29) is 36.8 Å². The number of carbonyl (C=O) groups excluding carboxylic acids is 1. The van der Waals surface area contributed by atoms with Gasteiger partial charge in [0.15, 0.2) is 0 Å². The summed E-state index contributed by atoms with van der Waals surface area (Å²) in [4.78, 5) is 14.0. The summed E-state index contributed by atoms with van der Waals surface area (Å²) in [5.41, 5.74) is 0.225. The molecule has 1 amide bonds. The molecule has 4 nitrogen and oxygen atoms in total. The van der Waals surface area contributed by atoms with E-state index in [0.29, 0.717) is 13.0 Å². The SMILES string of the molecule is CNCCCC(=O)NC1CCN(Cc2ccc(C(F)(F)F)cc2)C1.Cl.Cl. The number of hydrogen-bond acceptors (Lipinski definition) is 3. The molecule has 0 radical (unpaired) electrons. The lowest BCUT2D eigenvalue weighted by Crippen LogP contribution is -2.37. The highest BCUT2D eigenvalue weighted by Gasteiger charge is 2.30. The number of carbonyl (C=O) groups is 1. The lowest BCUT2D eigenvalue weighted by molar-refractivity contribution is -0.137. The van der Waals surface area contributed by atoms with Crippen molar-refractivity contribution in [1.29, 1.82) is 0 Å². The number of amides is 1. The number of rotatable bonds is 7. The maximum Gasteiger partial charge on any atom is 0.416 e. The van der Waals surface area contributed by atoms with Crippen molar-refractivity contribution in [3.8, 4) is 0 Å². The lowest BCUT2D eigenvalue weighted by Gasteiger charge is -2.17. The third-order valence-corrected chi connectivity index (χ3v) is 4.16. The van der Waals surface area contributed by atoms with Crippen molar-refractivity contribution in [3.05, 3.63) is 35.4 Å². The molecule has 1 aromatic carbocycles. The zero-order valence-corrected chi connectivity index (χ0v) is 16.3. The molecule has 1 heterocycles. The van der Waals surface area contributed by atoms with Crippen molar-refractivity contribution < 1.29 is 18.0 Å². The first-order valence-corrected chi connectivity index (χ1v) is 8.21. The number of hydrogen-bond donors (Lipinski definition) is 2. The van der Waals surface area contributed by atoms with Gasteiger partial charge in [0.2, 0.25) is 5.91 Å². The zero-order valence-electron chi connectivity index (χ0n) is 14.6. The number of alkyl halides is 3. The molecule has 150 valence electrons. The van der Waals surface area contributed by atoms with E-state index >= 15 is 0 Å². The van der Waals surface area contributed by atoms with Crippen molar-refractivity contribution in [2.45, 2.75) is 38.0 Å².